The Kier molecular flexibility index (Phi) is 3.17. The van der Waals surface area contributed by atoms with E-state index in [2.05, 4.69) is 5.32 Å². The SMILES string of the molecule is O=C(O)c1cn2c(c(O)c1=O)C(=O)N1CCCCNC1C2. The Morgan fingerprint density at radius 2 is 2.10 bits per heavy atom. The number of carboxylic acids is 1. The lowest BCUT2D eigenvalue weighted by atomic mass is 10.1. The molecule has 3 rings (SSSR count). The molecule has 0 radical (unpaired) electrons. The highest BCUT2D eigenvalue weighted by molar-refractivity contribution is 5.97. The summed E-state index contributed by atoms with van der Waals surface area (Å²) in [5, 5.41) is 22.2. The average Bonchev–Trinajstić information content (AvgIpc) is 2.67. The van der Waals surface area contributed by atoms with E-state index in [1.54, 1.807) is 4.90 Å². The van der Waals surface area contributed by atoms with Crippen molar-refractivity contribution < 1.29 is 19.8 Å². The van der Waals surface area contributed by atoms with E-state index in [0.29, 0.717) is 13.1 Å². The van der Waals surface area contributed by atoms with Gasteiger partial charge in [0.1, 0.15) is 11.7 Å². The molecule has 0 saturated carbocycles. The van der Waals surface area contributed by atoms with Crippen molar-refractivity contribution in [1.82, 2.24) is 14.8 Å². The van der Waals surface area contributed by atoms with Crippen LogP contribution in [-0.4, -0.2) is 50.8 Å². The minimum Gasteiger partial charge on any atom is -0.503 e. The Hall–Kier alpha value is -2.35. The molecule has 0 bridgehead atoms. The fourth-order valence-corrected chi connectivity index (χ4v) is 2.84. The summed E-state index contributed by atoms with van der Waals surface area (Å²) in [6, 6.07) is 0. The van der Waals surface area contributed by atoms with E-state index in [1.165, 1.54) is 4.57 Å². The molecular weight excluding hydrogens is 278 g/mol. The molecular formula is C13H15N3O5. The van der Waals surface area contributed by atoms with Gasteiger partial charge in [0.05, 0.1) is 6.54 Å². The van der Waals surface area contributed by atoms with Crippen LogP contribution in [0.4, 0.5) is 0 Å². The van der Waals surface area contributed by atoms with E-state index in [4.69, 9.17) is 5.11 Å². The zero-order valence-corrected chi connectivity index (χ0v) is 11.2. The molecule has 2 aliphatic heterocycles. The van der Waals surface area contributed by atoms with Crippen LogP contribution in [-0.2, 0) is 6.54 Å². The van der Waals surface area contributed by atoms with E-state index >= 15 is 0 Å². The van der Waals surface area contributed by atoms with Gasteiger partial charge in [-0.25, -0.2) is 4.79 Å². The van der Waals surface area contributed by atoms with Gasteiger partial charge in [-0.3, -0.25) is 14.9 Å². The number of hydrogen-bond acceptors (Lipinski definition) is 5. The molecule has 0 aromatic carbocycles. The lowest BCUT2D eigenvalue weighted by Gasteiger charge is -2.36. The van der Waals surface area contributed by atoms with Crippen LogP contribution in [0.25, 0.3) is 0 Å². The molecule has 3 heterocycles. The molecule has 8 nitrogen and oxygen atoms in total. The number of carbonyl (C=O) groups is 2. The first-order valence-electron chi connectivity index (χ1n) is 6.74. The fourth-order valence-electron chi connectivity index (χ4n) is 2.84. The highest BCUT2D eigenvalue weighted by Gasteiger charge is 2.36. The molecule has 0 spiro atoms. The molecule has 21 heavy (non-hydrogen) atoms. The van der Waals surface area contributed by atoms with E-state index < -0.39 is 28.6 Å². The van der Waals surface area contributed by atoms with Gasteiger partial charge in [0.2, 0.25) is 5.43 Å². The van der Waals surface area contributed by atoms with Crippen molar-refractivity contribution in [3.8, 4) is 5.75 Å². The van der Waals surface area contributed by atoms with Gasteiger partial charge >= 0.3 is 5.97 Å². The highest BCUT2D eigenvalue weighted by Crippen LogP contribution is 2.24. The zero-order valence-electron chi connectivity index (χ0n) is 11.2. The molecule has 1 fully saturated rings. The lowest BCUT2D eigenvalue weighted by Crippen LogP contribution is -2.54. The fraction of sp³-hybridized carbons (Fsp3) is 0.462. The Balaban J connectivity index is 2.15. The second kappa shape index (κ2) is 4.88. The van der Waals surface area contributed by atoms with Gasteiger partial charge in [0.15, 0.2) is 11.4 Å². The van der Waals surface area contributed by atoms with E-state index in [1.807, 2.05) is 0 Å². The Morgan fingerprint density at radius 1 is 1.33 bits per heavy atom. The third-order valence-corrected chi connectivity index (χ3v) is 3.90. The van der Waals surface area contributed by atoms with Crippen molar-refractivity contribution in [3.05, 3.63) is 27.7 Å². The molecule has 1 amide bonds. The molecule has 1 unspecified atom stereocenters. The number of carboxylic acid groups (broad SMARTS) is 1. The zero-order chi connectivity index (χ0) is 15.1. The average molecular weight is 293 g/mol. The number of amides is 1. The third kappa shape index (κ3) is 2.07. The second-order valence-corrected chi connectivity index (χ2v) is 5.20. The predicted octanol–water partition coefficient (Wildman–Crippen LogP) is -0.583. The minimum absolute atomic E-state index is 0.134. The number of aromatic hydroxyl groups is 1. The maximum Gasteiger partial charge on any atom is 0.341 e. The molecule has 0 aliphatic carbocycles. The minimum atomic E-state index is -1.42. The van der Waals surface area contributed by atoms with E-state index in [-0.39, 0.29) is 11.9 Å². The Morgan fingerprint density at radius 3 is 2.81 bits per heavy atom. The van der Waals surface area contributed by atoms with Crippen LogP contribution in [0.15, 0.2) is 11.0 Å². The smallest absolute Gasteiger partial charge is 0.341 e. The number of rotatable bonds is 1. The first kappa shape index (κ1) is 13.6. The Bertz CT molecular complexity index is 681. The van der Waals surface area contributed by atoms with Crippen molar-refractivity contribution >= 4 is 11.9 Å². The van der Waals surface area contributed by atoms with Gasteiger partial charge in [0, 0.05) is 12.7 Å². The molecule has 1 aromatic heterocycles. The van der Waals surface area contributed by atoms with Gasteiger partial charge in [-0.05, 0) is 19.4 Å². The monoisotopic (exact) mass is 293 g/mol. The summed E-state index contributed by atoms with van der Waals surface area (Å²) in [5.74, 6) is -2.66. The van der Waals surface area contributed by atoms with Crippen LogP contribution in [0.1, 0.15) is 33.7 Å². The molecule has 2 aliphatic rings. The number of carbonyl (C=O) groups excluding carboxylic acids is 1. The molecule has 1 atom stereocenters. The number of aromatic nitrogens is 1. The van der Waals surface area contributed by atoms with Crippen LogP contribution >= 0.6 is 0 Å². The third-order valence-electron chi connectivity index (χ3n) is 3.90. The standard InChI is InChI=1S/C13H15N3O5/c17-10-7(13(20)21)5-15-6-8-14-3-1-2-4-16(8)12(19)9(15)11(10)18/h5,8,14,18H,1-4,6H2,(H,20,21). The normalized spacial score (nSPS) is 21.4. The largest absolute Gasteiger partial charge is 0.503 e. The Labute approximate surface area is 119 Å². The maximum atomic E-state index is 12.5. The van der Waals surface area contributed by atoms with Crippen molar-refractivity contribution in [2.45, 2.75) is 25.6 Å². The topological polar surface area (TPSA) is 112 Å². The van der Waals surface area contributed by atoms with E-state index in [0.717, 1.165) is 25.6 Å². The van der Waals surface area contributed by atoms with Gasteiger partial charge in [-0.15, -0.1) is 0 Å². The second-order valence-electron chi connectivity index (χ2n) is 5.20. The summed E-state index contributed by atoms with van der Waals surface area (Å²) in [4.78, 5) is 36.9. The van der Waals surface area contributed by atoms with Crippen LogP contribution in [0.2, 0.25) is 0 Å². The number of aromatic carboxylic acids is 1. The molecule has 112 valence electrons. The summed E-state index contributed by atoms with van der Waals surface area (Å²) < 4.78 is 1.35. The van der Waals surface area contributed by atoms with Crippen molar-refractivity contribution in [1.29, 1.82) is 0 Å². The van der Waals surface area contributed by atoms with Crippen molar-refractivity contribution in [3.63, 3.8) is 0 Å². The summed E-state index contributed by atoms with van der Waals surface area (Å²) in [5.41, 5.74) is -1.69. The summed E-state index contributed by atoms with van der Waals surface area (Å²) in [6.45, 7) is 1.61. The van der Waals surface area contributed by atoms with Gasteiger partial charge in [0.25, 0.3) is 5.91 Å². The molecule has 3 N–H and O–H groups in total. The first-order chi connectivity index (χ1) is 10.0. The maximum absolute atomic E-state index is 12.5. The van der Waals surface area contributed by atoms with Crippen LogP contribution in [0.5, 0.6) is 5.75 Å². The van der Waals surface area contributed by atoms with E-state index in [9.17, 15) is 19.5 Å². The molecule has 1 saturated heterocycles. The van der Waals surface area contributed by atoms with Crippen molar-refractivity contribution in [2.24, 2.45) is 0 Å². The molecule has 1 aromatic rings. The summed E-state index contributed by atoms with van der Waals surface area (Å²) >= 11 is 0. The number of hydrogen-bond donors (Lipinski definition) is 3. The first-order valence-corrected chi connectivity index (χ1v) is 6.74. The summed E-state index contributed by atoms with van der Waals surface area (Å²) in [7, 11) is 0. The highest BCUT2D eigenvalue weighted by atomic mass is 16.4. The number of fused-ring (bicyclic) bond motifs is 2. The van der Waals surface area contributed by atoms with Gasteiger partial charge in [-0.2, -0.15) is 0 Å². The quantitative estimate of drug-likeness (QED) is 0.638. The van der Waals surface area contributed by atoms with Gasteiger partial charge < -0.3 is 19.7 Å². The number of nitrogens with zero attached hydrogens (tertiary/aromatic N) is 2. The lowest BCUT2D eigenvalue weighted by molar-refractivity contribution is 0.0555. The summed E-state index contributed by atoms with van der Waals surface area (Å²) in [6.07, 6.45) is 2.64. The number of pyridine rings is 1. The van der Waals surface area contributed by atoms with Crippen LogP contribution in [0.3, 0.4) is 0 Å². The van der Waals surface area contributed by atoms with Crippen LogP contribution < -0.4 is 10.7 Å². The van der Waals surface area contributed by atoms with Crippen molar-refractivity contribution in [2.75, 3.05) is 13.1 Å². The van der Waals surface area contributed by atoms with Gasteiger partial charge in [-0.1, -0.05) is 0 Å². The number of nitrogens with one attached hydrogen (secondary N) is 1. The predicted molar refractivity (Wildman–Crippen MR) is 71.4 cm³/mol. The molecule has 8 heteroatoms. The van der Waals surface area contributed by atoms with Crippen LogP contribution in [0, 0.1) is 0 Å².